The molecule has 0 saturated heterocycles. The predicted octanol–water partition coefficient (Wildman–Crippen LogP) is 1.51. The summed E-state index contributed by atoms with van der Waals surface area (Å²) < 4.78 is 0. The van der Waals surface area contributed by atoms with Gasteiger partial charge in [-0.25, -0.2) is 0 Å². The number of rotatable bonds is 2. The maximum Gasteiger partial charge on any atom is 0.0765 e. The first-order valence-corrected chi connectivity index (χ1v) is 3.73. The largest absolute Gasteiger partial charge is 0.389 e. The molecule has 0 aromatic heterocycles. The molecule has 1 N–H and O–H groups in total. The van der Waals surface area contributed by atoms with Crippen molar-refractivity contribution >= 4 is 6.21 Å². The van der Waals surface area contributed by atoms with Crippen molar-refractivity contribution < 1.29 is 5.11 Å². The minimum Gasteiger partial charge on any atom is -0.389 e. The molecule has 1 unspecified atom stereocenters. The number of aliphatic hydroxyl groups excluding tert-OH is 1. The third kappa shape index (κ3) is 1.67. The molecule has 1 aliphatic heterocycles. The van der Waals surface area contributed by atoms with Crippen molar-refractivity contribution in [2.75, 3.05) is 0 Å². The van der Waals surface area contributed by atoms with E-state index in [0.717, 1.165) is 24.8 Å². The average Bonchev–Trinajstić information content (AvgIpc) is 2.05. The van der Waals surface area contributed by atoms with Gasteiger partial charge in [0.2, 0.25) is 0 Å². The highest BCUT2D eigenvalue weighted by Crippen LogP contribution is 2.14. The molecule has 1 atom stereocenters. The lowest BCUT2D eigenvalue weighted by atomic mass is 10.0. The van der Waals surface area contributed by atoms with E-state index in [0.29, 0.717) is 0 Å². The highest BCUT2D eigenvalue weighted by Gasteiger charge is 2.08. The van der Waals surface area contributed by atoms with Crippen molar-refractivity contribution in [1.82, 2.24) is 0 Å². The summed E-state index contributed by atoms with van der Waals surface area (Å²) in [5.41, 5.74) is 1.07. The summed E-state index contributed by atoms with van der Waals surface area (Å²) in [7, 11) is 0. The summed E-state index contributed by atoms with van der Waals surface area (Å²) >= 11 is 0. The van der Waals surface area contributed by atoms with Crippen LogP contribution in [0.25, 0.3) is 0 Å². The SMILES string of the molecule is CCC(O)C1=CN=CCC1. The standard InChI is InChI=1S/C8H13NO/c1-2-8(10)7-4-3-5-9-6-7/h5-6,8,10H,2-4H2,1H3. The van der Waals surface area contributed by atoms with Crippen molar-refractivity contribution in [2.24, 2.45) is 4.99 Å². The molecule has 1 heterocycles. The second-order valence-corrected chi connectivity index (χ2v) is 2.50. The van der Waals surface area contributed by atoms with E-state index >= 15 is 0 Å². The van der Waals surface area contributed by atoms with E-state index in [1.165, 1.54) is 0 Å². The fourth-order valence-electron chi connectivity index (χ4n) is 1.03. The Morgan fingerprint density at radius 2 is 2.60 bits per heavy atom. The molecule has 2 nitrogen and oxygen atoms in total. The maximum atomic E-state index is 9.34. The second kappa shape index (κ2) is 3.52. The van der Waals surface area contributed by atoms with E-state index in [2.05, 4.69) is 4.99 Å². The molecule has 0 bridgehead atoms. The van der Waals surface area contributed by atoms with Gasteiger partial charge in [0.05, 0.1) is 6.10 Å². The van der Waals surface area contributed by atoms with Gasteiger partial charge in [-0.05, 0) is 24.8 Å². The van der Waals surface area contributed by atoms with Crippen molar-refractivity contribution in [3.05, 3.63) is 11.8 Å². The summed E-state index contributed by atoms with van der Waals surface area (Å²) in [6, 6.07) is 0. The third-order valence-electron chi connectivity index (χ3n) is 1.72. The zero-order valence-corrected chi connectivity index (χ0v) is 6.25. The first-order chi connectivity index (χ1) is 4.84. The maximum absolute atomic E-state index is 9.34. The molecule has 0 spiro atoms. The van der Waals surface area contributed by atoms with Crippen LogP contribution in [0.5, 0.6) is 0 Å². The van der Waals surface area contributed by atoms with Crippen LogP contribution in [0.1, 0.15) is 26.2 Å². The van der Waals surface area contributed by atoms with Crippen LogP contribution >= 0.6 is 0 Å². The molecule has 2 heteroatoms. The van der Waals surface area contributed by atoms with E-state index in [1.807, 2.05) is 13.1 Å². The van der Waals surface area contributed by atoms with Crippen LogP contribution in [0, 0.1) is 0 Å². The minimum absolute atomic E-state index is 0.266. The predicted molar refractivity (Wildman–Crippen MR) is 42.1 cm³/mol. The summed E-state index contributed by atoms with van der Waals surface area (Å²) in [6.45, 7) is 1.98. The molecule has 56 valence electrons. The zero-order valence-electron chi connectivity index (χ0n) is 6.25. The molecule has 0 aromatic carbocycles. The summed E-state index contributed by atoms with van der Waals surface area (Å²) in [5, 5.41) is 9.34. The normalized spacial score (nSPS) is 20.4. The van der Waals surface area contributed by atoms with Gasteiger partial charge in [0.15, 0.2) is 0 Å². The van der Waals surface area contributed by atoms with E-state index in [9.17, 15) is 5.11 Å². The van der Waals surface area contributed by atoms with E-state index in [4.69, 9.17) is 0 Å². The van der Waals surface area contributed by atoms with E-state index in [-0.39, 0.29) is 6.10 Å². The van der Waals surface area contributed by atoms with Gasteiger partial charge in [-0.3, -0.25) is 4.99 Å². The van der Waals surface area contributed by atoms with Crippen LogP contribution in [-0.4, -0.2) is 17.4 Å². The second-order valence-electron chi connectivity index (χ2n) is 2.50. The van der Waals surface area contributed by atoms with Crippen molar-refractivity contribution in [2.45, 2.75) is 32.3 Å². The van der Waals surface area contributed by atoms with Gasteiger partial charge in [-0.1, -0.05) is 6.92 Å². The van der Waals surface area contributed by atoms with Crippen molar-refractivity contribution in [1.29, 1.82) is 0 Å². The Bertz CT molecular complexity index is 161. The Labute approximate surface area is 61.3 Å². The fourth-order valence-corrected chi connectivity index (χ4v) is 1.03. The molecule has 1 rings (SSSR count). The number of aliphatic hydroxyl groups is 1. The van der Waals surface area contributed by atoms with Crippen LogP contribution in [0.3, 0.4) is 0 Å². The monoisotopic (exact) mass is 139 g/mol. The molecule has 0 radical (unpaired) electrons. The Morgan fingerprint density at radius 3 is 3.10 bits per heavy atom. The molecule has 10 heavy (non-hydrogen) atoms. The fraction of sp³-hybridized carbons (Fsp3) is 0.625. The number of nitrogens with zero attached hydrogens (tertiary/aromatic N) is 1. The Kier molecular flexibility index (Phi) is 2.63. The number of aliphatic imine (C=N–C) groups is 1. The van der Waals surface area contributed by atoms with Crippen LogP contribution < -0.4 is 0 Å². The Balaban J connectivity index is 2.53. The van der Waals surface area contributed by atoms with Gasteiger partial charge < -0.3 is 5.11 Å². The van der Waals surface area contributed by atoms with Crippen molar-refractivity contribution in [3.63, 3.8) is 0 Å². The lowest BCUT2D eigenvalue weighted by Crippen LogP contribution is -2.10. The average molecular weight is 139 g/mol. The van der Waals surface area contributed by atoms with Gasteiger partial charge >= 0.3 is 0 Å². The molecule has 0 fully saturated rings. The molecule has 0 aliphatic carbocycles. The molecule has 0 amide bonds. The topological polar surface area (TPSA) is 32.6 Å². The van der Waals surface area contributed by atoms with Crippen LogP contribution in [-0.2, 0) is 0 Å². The molecular formula is C8H13NO. The third-order valence-corrected chi connectivity index (χ3v) is 1.72. The smallest absolute Gasteiger partial charge is 0.0765 e. The highest BCUT2D eigenvalue weighted by atomic mass is 16.3. The minimum atomic E-state index is -0.266. The van der Waals surface area contributed by atoms with E-state index < -0.39 is 0 Å². The number of hydrogen-bond acceptors (Lipinski definition) is 2. The van der Waals surface area contributed by atoms with Gasteiger partial charge in [0.25, 0.3) is 0 Å². The molecule has 0 aromatic rings. The van der Waals surface area contributed by atoms with Crippen LogP contribution in [0.2, 0.25) is 0 Å². The Hall–Kier alpha value is -0.630. The Morgan fingerprint density at radius 1 is 1.80 bits per heavy atom. The summed E-state index contributed by atoms with van der Waals surface area (Å²) in [5.74, 6) is 0. The first-order valence-electron chi connectivity index (χ1n) is 3.73. The van der Waals surface area contributed by atoms with Crippen molar-refractivity contribution in [3.8, 4) is 0 Å². The molecule has 0 saturated carbocycles. The summed E-state index contributed by atoms with van der Waals surface area (Å²) in [6.07, 6.45) is 6.13. The van der Waals surface area contributed by atoms with Crippen LogP contribution in [0.4, 0.5) is 0 Å². The lowest BCUT2D eigenvalue weighted by molar-refractivity contribution is 0.202. The van der Waals surface area contributed by atoms with Gasteiger partial charge in [0.1, 0.15) is 0 Å². The quantitative estimate of drug-likeness (QED) is 0.618. The van der Waals surface area contributed by atoms with Crippen LogP contribution in [0.15, 0.2) is 16.8 Å². The van der Waals surface area contributed by atoms with Gasteiger partial charge in [0, 0.05) is 12.4 Å². The first kappa shape index (κ1) is 7.48. The number of hydrogen-bond donors (Lipinski definition) is 1. The van der Waals surface area contributed by atoms with E-state index in [1.54, 1.807) is 6.20 Å². The van der Waals surface area contributed by atoms with Gasteiger partial charge in [-0.2, -0.15) is 0 Å². The molecular weight excluding hydrogens is 126 g/mol. The lowest BCUT2D eigenvalue weighted by Gasteiger charge is -2.12. The van der Waals surface area contributed by atoms with Gasteiger partial charge in [-0.15, -0.1) is 0 Å². The summed E-state index contributed by atoms with van der Waals surface area (Å²) in [4.78, 5) is 3.98. The highest BCUT2D eigenvalue weighted by molar-refractivity contribution is 5.60. The molecule has 1 aliphatic rings. The zero-order chi connectivity index (χ0) is 7.40.